The predicted molar refractivity (Wildman–Crippen MR) is 89.8 cm³/mol. The van der Waals surface area contributed by atoms with Gasteiger partial charge in [0.1, 0.15) is 0 Å². The predicted octanol–water partition coefficient (Wildman–Crippen LogP) is 6.11. The second-order valence-electron chi connectivity index (χ2n) is 7.04. The highest BCUT2D eigenvalue weighted by atomic mass is 14.2. The highest BCUT2D eigenvalue weighted by Gasteiger charge is 2.17. The zero-order valence-corrected chi connectivity index (χ0v) is 13.7. The average molecular weight is 270 g/mol. The molecule has 0 spiro atoms. The molecule has 0 bridgehead atoms. The quantitative estimate of drug-likeness (QED) is 0.607. The van der Waals surface area contributed by atoms with E-state index >= 15 is 0 Å². The van der Waals surface area contributed by atoms with Crippen LogP contribution in [0.4, 0.5) is 0 Å². The second-order valence-corrected chi connectivity index (χ2v) is 7.04. The van der Waals surface area contributed by atoms with Crippen LogP contribution < -0.4 is 0 Å². The van der Waals surface area contributed by atoms with Crippen molar-refractivity contribution in [1.82, 2.24) is 0 Å². The smallest absolute Gasteiger partial charge is 0.00553 e. The minimum Gasteiger partial charge on any atom is -0.0626 e. The number of hydrogen-bond acceptors (Lipinski definition) is 0. The van der Waals surface area contributed by atoms with Crippen LogP contribution in [0.25, 0.3) is 6.08 Å². The van der Waals surface area contributed by atoms with Gasteiger partial charge >= 0.3 is 0 Å². The van der Waals surface area contributed by atoms with E-state index < -0.39 is 0 Å². The first-order valence-corrected chi connectivity index (χ1v) is 8.36. The Labute approximate surface area is 125 Å². The van der Waals surface area contributed by atoms with Gasteiger partial charge in [0.05, 0.1) is 0 Å². The van der Waals surface area contributed by atoms with E-state index in [9.17, 15) is 0 Å². The van der Waals surface area contributed by atoms with Gasteiger partial charge in [0, 0.05) is 0 Å². The third-order valence-electron chi connectivity index (χ3n) is 4.87. The molecule has 0 N–H and O–H groups in total. The summed E-state index contributed by atoms with van der Waals surface area (Å²) >= 11 is 0. The van der Waals surface area contributed by atoms with E-state index in [1.807, 2.05) is 0 Å². The molecule has 0 amide bonds. The summed E-state index contributed by atoms with van der Waals surface area (Å²) in [7, 11) is 0. The van der Waals surface area contributed by atoms with Crippen molar-refractivity contribution in [3.05, 3.63) is 41.0 Å². The summed E-state index contributed by atoms with van der Waals surface area (Å²) < 4.78 is 0. The van der Waals surface area contributed by atoms with E-state index in [1.54, 1.807) is 5.57 Å². The summed E-state index contributed by atoms with van der Waals surface area (Å²) in [6, 6.07) is 8.65. The zero-order chi connectivity index (χ0) is 14.5. The van der Waals surface area contributed by atoms with Crippen LogP contribution in [-0.4, -0.2) is 0 Å². The van der Waals surface area contributed by atoms with Crippen molar-refractivity contribution >= 4 is 6.08 Å². The van der Waals surface area contributed by atoms with Crippen molar-refractivity contribution in [2.24, 2.45) is 17.8 Å². The lowest BCUT2D eigenvalue weighted by molar-refractivity contribution is 0.396. The molecule has 0 nitrogen and oxygen atoms in total. The number of fused-ring (bicyclic) bond motifs is 1. The molecule has 1 fully saturated rings. The van der Waals surface area contributed by atoms with Crippen LogP contribution in [0.1, 0.15) is 64.5 Å². The van der Waals surface area contributed by atoms with E-state index in [0.29, 0.717) is 5.92 Å². The largest absolute Gasteiger partial charge is 0.0626 e. The number of benzene rings is 1. The molecule has 1 aromatic carbocycles. The molecule has 0 heterocycles. The average Bonchev–Trinajstić information content (AvgIpc) is 3.08. The highest BCUT2D eigenvalue weighted by molar-refractivity contribution is 5.63. The van der Waals surface area contributed by atoms with E-state index in [-0.39, 0.29) is 0 Å². The van der Waals surface area contributed by atoms with Crippen LogP contribution in [-0.2, 0) is 6.42 Å². The van der Waals surface area contributed by atoms with Crippen LogP contribution in [0, 0.1) is 17.8 Å². The van der Waals surface area contributed by atoms with Crippen molar-refractivity contribution in [3.63, 3.8) is 0 Å². The van der Waals surface area contributed by atoms with Crippen LogP contribution in [0.15, 0.2) is 29.8 Å². The topological polar surface area (TPSA) is 0 Å². The lowest BCUT2D eigenvalue weighted by Crippen LogP contribution is -2.01. The van der Waals surface area contributed by atoms with Crippen molar-refractivity contribution < 1.29 is 0 Å². The summed E-state index contributed by atoms with van der Waals surface area (Å²) in [5, 5.41) is 0. The van der Waals surface area contributed by atoms with E-state index in [4.69, 9.17) is 0 Å². The zero-order valence-electron chi connectivity index (χ0n) is 13.7. The van der Waals surface area contributed by atoms with Gasteiger partial charge in [0.25, 0.3) is 0 Å². The van der Waals surface area contributed by atoms with Crippen LogP contribution in [0.2, 0.25) is 0 Å². The SMILES string of the molecule is CC(C)C1=Cc2ccccc2C1.CC(C)C1CCCC1. The summed E-state index contributed by atoms with van der Waals surface area (Å²) in [4.78, 5) is 0. The molecule has 0 saturated heterocycles. The molecule has 2 aliphatic carbocycles. The van der Waals surface area contributed by atoms with Gasteiger partial charge in [-0.05, 0) is 35.3 Å². The molecule has 0 heteroatoms. The molecule has 0 unspecified atom stereocenters. The Bertz CT molecular complexity index is 445. The van der Waals surface area contributed by atoms with Gasteiger partial charge in [0.2, 0.25) is 0 Å². The fraction of sp³-hybridized carbons (Fsp3) is 0.600. The maximum atomic E-state index is 2.34. The van der Waals surface area contributed by atoms with Gasteiger partial charge in [-0.15, -0.1) is 0 Å². The van der Waals surface area contributed by atoms with Crippen LogP contribution in [0.3, 0.4) is 0 Å². The molecule has 20 heavy (non-hydrogen) atoms. The van der Waals surface area contributed by atoms with Crippen molar-refractivity contribution in [1.29, 1.82) is 0 Å². The lowest BCUT2D eigenvalue weighted by atomic mass is 9.95. The lowest BCUT2D eigenvalue weighted by Gasteiger charge is -2.11. The maximum absolute atomic E-state index is 2.34. The maximum Gasteiger partial charge on any atom is -0.00553 e. The third kappa shape index (κ3) is 3.98. The summed E-state index contributed by atoms with van der Waals surface area (Å²) in [6.45, 7) is 9.21. The van der Waals surface area contributed by atoms with Crippen LogP contribution in [0.5, 0.6) is 0 Å². The van der Waals surface area contributed by atoms with Crippen molar-refractivity contribution in [2.75, 3.05) is 0 Å². The third-order valence-corrected chi connectivity index (χ3v) is 4.87. The van der Waals surface area contributed by atoms with E-state index in [2.05, 4.69) is 58.0 Å². The minimum atomic E-state index is 0.692. The molecular weight excluding hydrogens is 240 g/mol. The van der Waals surface area contributed by atoms with Gasteiger partial charge in [0.15, 0.2) is 0 Å². The molecular formula is C20H30. The first kappa shape index (κ1) is 15.4. The van der Waals surface area contributed by atoms with Crippen molar-refractivity contribution in [2.45, 2.75) is 59.8 Å². The van der Waals surface area contributed by atoms with Gasteiger partial charge in [-0.3, -0.25) is 0 Å². The Hall–Kier alpha value is -1.04. The van der Waals surface area contributed by atoms with Crippen molar-refractivity contribution in [3.8, 4) is 0 Å². The second kappa shape index (κ2) is 7.11. The van der Waals surface area contributed by atoms with Gasteiger partial charge in [-0.2, -0.15) is 0 Å². The number of allylic oxidation sites excluding steroid dienone is 1. The summed E-state index contributed by atoms with van der Waals surface area (Å²) in [6.07, 6.45) is 9.47. The minimum absolute atomic E-state index is 0.692. The first-order valence-electron chi connectivity index (χ1n) is 8.36. The molecule has 0 aromatic heterocycles. The molecule has 0 aliphatic heterocycles. The standard InChI is InChI=1S/C12H14.C8H16/c1-9(2)12-7-10-5-3-4-6-11(10)8-12;1-7(2)8-5-3-4-6-8/h3-7,9H,8H2,1-2H3;7-8H,3-6H2,1-2H3. The van der Waals surface area contributed by atoms with E-state index in [1.165, 1.54) is 36.8 Å². The Morgan fingerprint density at radius 1 is 0.950 bits per heavy atom. The molecule has 0 atom stereocenters. The Kier molecular flexibility index (Phi) is 5.46. The fourth-order valence-electron chi connectivity index (χ4n) is 3.30. The first-order chi connectivity index (χ1) is 9.58. The van der Waals surface area contributed by atoms with Gasteiger partial charge in [-0.1, -0.05) is 89.3 Å². The molecule has 3 rings (SSSR count). The molecule has 1 saturated carbocycles. The molecule has 1 aromatic rings. The highest BCUT2D eigenvalue weighted by Crippen LogP contribution is 2.30. The summed E-state index contributed by atoms with van der Waals surface area (Å²) in [5.41, 5.74) is 4.47. The normalized spacial score (nSPS) is 18.0. The number of rotatable bonds is 2. The Morgan fingerprint density at radius 3 is 2.10 bits per heavy atom. The number of hydrogen-bond donors (Lipinski definition) is 0. The molecule has 0 radical (unpaired) electrons. The fourth-order valence-corrected chi connectivity index (χ4v) is 3.30. The molecule has 2 aliphatic rings. The van der Waals surface area contributed by atoms with Gasteiger partial charge < -0.3 is 0 Å². The summed E-state index contributed by atoms with van der Waals surface area (Å²) in [5.74, 6) is 2.70. The Balaban J connectivity index is 0.000000160. The van der Waals surface area contributed by atoms with Gasteiger partial charge in [-0.25, -0.2) is 0 Å². The van der Waals surface area contributed by atoms with Crippen LogP contribution >= 0.6 is 0 Å². The van der Waals surface area contributed by atoms with E-state index in [0.717, 1.165) is 18.3 Å². The molecule has 110 valence electrons. The monoisotopic (exact) mass is 270 g/mol. The Morgan fingerprint density at radius 2 is 1.60 bits per heavy atom.